The summed E-state index contributed by atoms with van der Waals surface area (Å²) in [5.74, 6) is 0. The highest BCUT2D eigenvalue weighted by molar-refractivity contribution is 6.31. The van der Waals surface area contributed by atoms with Crippen LogP contribution in [0.25, 0.3) is 10.9 Å². The van der Waals surface area contributed by atoms with Crippen LogP contribution in [0.4, 0.5) is 0 Å². The largest absolute Gasteiger partial charge is 0.361 e. The fourth-order valence-electron chi connectivity index (χ4n) is 2.29. The fraction of sp³-hybridized carbons (Fsp3) is 0.125. The van der Waals surface area contributed by atoms with Crippen LogP contribution in [0.3, 0.4) is 0 Å². The van der Waals surface area contributed by atoms with Gasteiger partial charge in [-0.05, 0) is 35.4 Å². The van der Waals surface area contributed by atoms with Gasteiger partial charge in [0.05, 0.1) is 0 Å². The Morgan fingerprint density at radius 2 is 1.80 bits per heavy atom. The van der Waals surface area contributed by atoms with Crippen molar-refractivity contribution in [1.82, 2.24) is 10.3 Å². The van der Waals surface area contributed by atoms with E-state index in [-0.39, 0.29) is 0 Å². The van der Waals surface area contributed by atoms with E-state index in [9.17, 15) is 0 Å². The molecule has 20 heavy (non-hydrogen) atoms. The van der Waals surface area contributed by atoms with Gasteiger partial charge in [0, 0.05) is 40.2 Å². The minimum absolute atomic E-state index is 0.748. The van der Waals surface area contributed by atoms with E-state index in [4.69, 9.17) is 23.2 Å². The van der Waals surface area contributed by atoms with E-state index in [1.165, 1.54) is 16.5 Å². The van der Waals surface area contributed by atoms with Crippen molar-refractivity contribution in [3.63, 3.8) is 0 Å². The lowest BCUT2D eigenvalue weighted by atomic mass is 10.1. The summed E-state index contributed by atoms with van der Waals surface area (Å²) in [5.41, 5.74) is 3.48. The first-order valence-corrected chi connectivity index (χ1v) is 7.18. The molecule has 1 aromatic heterocycles. The number of H-pyrrole nitrogens is 1. The van der Waals surface area contributed by atoms with Crippen molar-refractivity contribution in [3.05, 3.63) is 69.8 Å². The van der Waals surface area contributed by atoms with Crippen LogP contribution in [0, 0.1) is 0 Å². The van der Waals surface area contributed by atoms with Crippen molar-refractivity contribution in [3.8, 4) is 0 Å². The zero-order chi connectivity index (χ0) is 13.9. The predicted octanol–water partition coefficient (Wildman–Crippen LogP) is 4.76. The van der Waals surface area contributed by atoms with Gasteiger partial charge in [-0.2, -0.15) is 0 Å². The molecule has 102 valence electrons. The summed E-state index contributed by atoms with van der Waals surface area (Å²) in [4.78, 5) is 3.24. The molecule has 0 saturated carbocycles. The summed E-state index contributed by atoms with van der Waals surface area (Å²) in [5, 5.41) is 6.15. The summed E-state index contributed by atoms with van der Waals surface area (Å²) in [6.45, 7) is 1.59. The van der Waals surface area contributed by atoms with Crippen molar-refractivity contribution in [1.29, 1.82) is 0 Å². The molecule has 4 heteroatoms. The summed E-state index contributed by atoms with van der Waals surface area (Å²) in [6, 6.07) is 13.8. The molecule has 1 heterocycles. The average Bonchev–Trinajstić information content (AvgIpc) is 2.81. The molecule has 0 fully saturated rings. The van der Waals surface area contributed by atoms with Gasteiger partial charge in [-0.1, -0.05) is 41.4 Å². The summed E-state index contributed by atoms with van der Waals surface area (Å²) >= 11 is 11.9. The fourth-order valence-corrected chi connectivity index (χ4v) is 2.68. The zero-order valence-corrected chi connectivity index (χ0v) is 12.3. The van der Waals surface area contributed by atoms with Gasteiger partial charge < -0.3 is 10.3 Å². The summed E-state index contributed by atoms with van der Waals surface area (Å²) in [6.07, 6.45) is 2.02. The van der Waals surface area contributed by atoms with Crippen molar-refractivity contribution in [2.45, 2.75) is 13.1 Å². The summed E-state index contributed by atoms with van der Waals surface area (Å²) in [7, 11) is 0. The number of rotatable bonds is 4. The van der Waals surface area contributed by atoms with Gasteiger partial charge in [-0.25, -0.2) is 0 Å². The Hall–Kier alpha value is -1.48. The number of fused-ring (bicyclic) bond motifs is 1. The average molecular weight is 305 g/mol. The van der Waals surface area contributed by atoms with Gasteiger partial charge in [0.2, 0.25) is 0 Å². The van der Waals surface area contributed by atoms with Gasteiger partial charge in [0.25, 0.3) is 0 Å². The quantitative estimate of drug-likeness (QED) is 0.714. The lowest BCUT2D eigenvalue weighted by molar-refractivity contribution is 0.696. The Morgan fingerprint density at radius 1 is 0.950 bits per heavy atom. The van der Waals surface area contributed by atoms with E-state index < -0.39 is 0 Å². The molecule has 3 rings (SSSR count). The maximum absolute atomic E-state index is 5.98. The molecule has 2 aromatic carbocycles. The van der Waals surface area contributed by atoms with Crippen molar-refractivity contribution < 1.29 is 0 Å². The minimum atomic E-state index is 0.748. The first kappa shape index (κ1) is 13.5. The third kappa shape index (κ3) is 2.98. The van der Waals surface area contributed by atoms with Crippen LogP contribution < -0.4 is 5.32 Å². The van der Waals surface area contributed by atoms with Crippen molar-refractivity contribution >= 4 is 34.1 Å². The van der Waals surface area contributed by atoms with Crippen LogP contribution in [0.15, 0.2) is 48.7 Å². The van der Waals surface area contributed by atoms with Gasteiger partial charge in [0.15, 0.2) is 0 Å². The van der Waals surface area contributed by atoms with E-state index in [0.29, 0.717) is 0 Å². The molecule has 0 amide bonds. The molecular formula is C16H14Cl2N2. The number of aromatic amines is 1. The molecule has 2 N–H and O–H groups in total. The molecule has 0 atom stereocenters. The van der Waals surface area contributed by atoms with Crippen LogP contribution in [0.5, 0.6) is 0 Å². The van der Waals surface area contributed by atoms with E-state index >= 15 is 0 Å². The van der Waals surface area contributed by atoms with Gasteiger partial charge in [-0.3, -0.25) is 0 Å². The third-order valence-electron chi connectivity index (χ3n) is 3.26. The van der Waals surface area contributed by atoms with Crippen LogP contribution in [-0.2, 0) is 13.1 Å². The maximum Gasteiger partial charge on any atom is 0.0472 e. The molecule has 0 saturated heterocycles. The minimum Gasteiger partial charge on any atom is -0.361 e. The highest BCUT2D eigenvalue weighted by atomic mass is 35.5. The molecule has 0 radical (unpaired) electrons. The highest BCUT2D eigenvalue weighted by Gasteiger charge is 2.03. The molecule has 2 nitrogen and oxygen atoms in total. The second-order valence-corrected chi connectivity index (χ2v) is 5.61. The lowest BCUT2D eigenvalue weighted by Crippen LogP contribution is -2.12. The van der Waals surface area contributed by atoms with E-state index in [1.54, 1.807) is 0 Å². The number of hydrogen-bond acceptors (Lipinski definition) is 1. The second-order valence-electron chi connectivity index (χ2n) is 4.74. The maximum atomic E-state index is 5.98. The van der Waals surface area contributed by atoms with Crippen LogP contribution >= 0.6 is 23.2 Å². The van der Waals surface area contributed by atoms with Gasteiger partial charge in [-0.15, -0.1) is 0 Å². The monoisotopic (exact) mass is 304 g/mol. The smallest absolute Gasteiger partial charge is 0.0472 e. The van der Waals surface area contributed by atoms with Crippen LogP contribution in [-0.4, -0.2) is 4.98 Å². The highest BCUT2D eigenvalue weighted by Crippen LogP contribution is 2.22. The van der Waals surface area contributed by atoms with Crippen LogP contribution in [0.1, 0.15) is 11.1 Å². The molecule has 0 spiro atoms. The van der Waals surface area contributed by atoms with Crippen LogP contribution in [0.2, 0.25) is 10.0 Å². The molecule has 0 aliphatic rings. The third-order valence-corrected chi connectivity index (χ3v) is 3.73. The Bertz CT molecular complexity index is 734. The van der Waals surface area contributed by atoms with E-state index in [0.717, 1.165) is 28.7 Å². The lowest BCUT2D eigenvalue weighted by Gasteiger charge is -2.05. The molecule has 0 aliphatic heterocycles. The molecule has 0 bridgehead atoms. The predicted molar refractivity (Wildman–Crippen MR) is 85.3 cm³/mol. The second kappa shape index (κ2) is 5.88. The molecule has 0 unspecified atom stereocenters. The number of aromatic nitrogens is 1. The van der Waals surface area contributed by atoms with E-state index in [2.05, 4.69) is 16.4 Å². The Kier molecular flexibility index (Phi) is 3.97. The SMILES string of the molecule is Clc1cccc(CNCc2c[nH]c3cc(Cl)ccc23)c1. The van der Waals surface area contributed by atoms with Gasteiger partial charge in [0.1, 0.15) is 0 Å². The first-order chi connectivity index (χ1) is 9.72. The first-order valence-electron chi connectivity index (χ1n) is 6.43. The van der Waals surface area contributed by atoms with Crippen molar-refractivity contribution in [2.24, 2.45) is 0 Å². The number of benzene rings is 2. The topological polar surface area (TPSA) is 27.8 Å². The standard InChI is InChI=1S/C16H14Cl2N2/c17-13-3-1-2-11(6-13)8-19-9-12-10-20-16-7-14(18)4-5-15(12)16/h1-7,10,19-20H,8-9H2. The van der Waals surface area contributed by atoms with E-state index in [1.807, 2.05) is 42.6 Å². The Balaban J connectivity index is 1.68. The molecular weight excluding hydrogens is 291 g/mol. The number of hydrogen-bond donors (Lipinski definition) is 2. The number of halogens is 2. The molecule has 0 aliphatic carbocycles. The summed E-state index contributed by atoms with van der Waals surface area (Å²) < 4.78 is 0. The van der Waals surface area contributed by atoms with Crippen molar-refractivity contribution in [2.75, 3.05) is 0 Å². The number of nitrogens with one attached hydrogen (secondary N) is 2. The zero-order valence-electron chi connectivity index (χ0n) is 10.8. The normalized spacial score (nSPS) is 11.1. The Morgan fingerprint density at radius 3 is 2.65 bits per heavy atom. The van der Waals surface area contributed by atoms with Gasteiger partial charge >= 0.3 is 0 Å². The molecule has 3 aromatic rings. The Labute approximate surface area is 127 Å².